The standard InChI is InChI=1S/C9H16N2O2S/c1-14(12,13)6-2-4-10-7-9-3-5-11-8-9/h3,5,8,10-11H,2,4,6-7H2,1H3. The smallest absolute Gasteiger partial charge is 0.147 e. The maximum absolute atomic E-state index is 10.8. The van der Waals surface area contributed by atoms with Crippen molar-refractivity contribution in [3.63, 3.8) is 0 Å². The molecule has 0 saturated carbocycles. The Morgan fingerprint density at radius 2 is 2.29 bits per heavy atom. The number of aromatic amines is 1. The molecule has 0 aliphatic heterocycles. The van der Waals surface area contributed by atoms with Crippen LogP contribution in [0.25, 0.3) is 0 Å². The van der Waals surface area contributed by atoms with Crippen LogP contribution in [0.15, 0.2) is 18.5 Å². The van der Waals surface area contributed by atoms with E-state index < -0.39 is 9.84 Å². The summed E-state index contributed by atoms with van der Waals surface area (Å²) in [6.45, 7) is 1.52. The van der Waals surface area contributed by atoms with Gasteiger partial charge in [-0.15, -0.1) is 0 Å². The maximum Gasteiger partial charge on any atom is 0.147 e. The quantitative estimate of drug-likeness (QED) is 0.682. The maximum atomic E-state index is 10.8. The van der Waals surface area contributed by atoms with Crippen LogP contribution in [0.4, 0.5) is 0 Å². The molecule has 4 nitrogen and oxygen atoms in total. The zero-order valence-electron chi connectivity index (χ0n) is 8.29. The second-order valence-electron chi connectivity index (χ2n) is 3.38. The largest absolute Gasteiger partial charge is 0.367 e. The molecular weight excluding hydrogens is 200 g/mol. The van der Waals surface area contributed by atoms with Gasteiger partial charge in [-0.05, 0) is 24.6 Å². The predicted molar refractivity (Wildman–Crippen MR) is 56.8 cm³/mol. The summed E-state index contributed by atoms with van der Waals surface area (Å²) in [4.78, 5) is 2.96. The highest BCUT2D eigenvalue weighted by Crippen LogP contribution is 1.95. The summed E-state index contributed by atoms with van der Waals surface area (Å²) in [6.07, 6.45) is 5.72. The van der Waals surface area contributed by atoms with E-state index in [1.54, 1.807) is 0 Å². The minimum atomic E-state index is -2.80. The highest BCUT2D eigenvalue weighted by Gasteiger charge is 2.00. The lowest BCUT2D eigenvalue weighted by molar-refractivity contribution is 0.594. The molecule has 5 heteroatoms. The molecule has 0 amide bonds. The van der Waals surface area contributed by atoms with Crippen LogP contribution in [-0.4, -0.2) is 32.0 Å². The third kappa shape index (κ3) is 5.04. The summed E-state index contributed by atoms with van der Waals surface area (Å²) < 4.78 is 21.6. The predicted octanol–water partition coefficient (Wildman–Crippen LogP) is 0.539. The molecule has 0 aliphatic rings. The molecule has 2 N–H and O–H groups in total. The molecule has 14 heavy (non-hydrogen) atoms. The van der Waals surface area contributed by atoms with Crippen LogP contribution < -0.4 is 5.32 Å². The van der Waals surface area contributed by atoms with Gasteiger partial charge in [-0.25, -0.2) is 8.42 Å². The Bertz CT molecular complexity index is 343. The molecule has 0 unspecified atom stereocenters. The SMILES string of the molecule is CS(=O)(=O)CCCNCc1cc[nH]c1. The van der Waals surface area contributed by atoms with Gasteiger partial charge in [0.25, 0.3) is 0 Å². The molecular formula is C9H16N2O2S. The molecule has 0 aliphatic carbocycles. The number of hydrogen-bond donors (Lipinski definition) is 2. The van der Waals surface area contributed by atoms with Crippen LogP contribution in [0.3, 0.4) is 0 Å². The first kappa shape index (κ1) is 11.3. The number of rotatable bonds is 6. The van der Waals surface area contributed by atoms with Crippen LogP contribution in [0.5, 0.6) is 0 Å². The Morgan fingerprint density at radius 3 is 2.86 bits per heavy atom. The van der Waals surface area contributed by atoms with Crippen molar-refractivity contribution in [2.75, 3.05) is 18.6 Å². The second kappa shape index (κ2) is 5.17. The summed E-state index contributed by atoms with van der Waals surface area (Å²) in [5.74, 6) is 0.257. The average molecular weight is 216 g/mol. The number of aromatic nitrogens is 1. The highest BCUT2D eigenvalue weighted by atomic mass is 32.2. The van der Waals surface area contributed by atoms with Gasteiger partial charge in [-0.3, -0.25) is 0 Å². The third-order valence-corrected chi connectivity index (χ3v) is 2.89. The Balaban J connectivity index is 2.06. The normalized spacial score (nSPS) is 11.8. The van der Waals surface area contributed by atoms with Gasteiger partial charge in [0.15, 0.2) is 0 Å². The van der Waals surface area contributed by atoms with E-state index >= 15 is 0 Å². The first-order valence-electron chi connectivity index (χ1n) is 4.58. The van der Waals surface area contributed by atoms with Crippen molar-refractivity contribution < 1.29 is 8.42 Å². The summed E-state index contributed by atoms with van der Waals surface area (Å²) in [7, 11) is -2.80. The van der Waals surface area contributed by atoms with Crippen LogP contribution in [-0.2, 0) is 16.4 Å². The molecule has 0 spiro atoms. The molecule has 0 bridgehead atoms. The van der Waals surface area contributed by atoms with Crippen LogP contribution in [0.1, 0.15) is 12.0 Å². The fourth-order valence-corrected chi connectivity index (χ4v) is 1.83. The van der Waals surface area contributed by atoms with Crippen molar-refractivity contribution in [1.82, 2.24) is 10.3 Å². The van der Waals surface area contributed by atoms with E-state index in [0.717, 1.165) is 13.1 Å². The number of nitrogens with one attached hydrogen (secondary N) is 2. The van der Waals surface area contributed by atoms with Gasteiger partial charge in [0.1, 0.15) is 9.84 Å². The number of hydrogen-bond acceptors (Lipinski definition) is 3. The molecule has 1 rings (SSSR count). The van der Waals surface area contributed by atoms with E-state index in [1.807, 2.05) is 18.5 Å². The molecule has 0 aromatic carbocycles. The Hall–Kier alpha value is -0.810. The van der Waals surface area contributed by atoms with Gasteiger partial charge >= 0.3 is 0 Å². The molecule has 1 aromatic rings. The van der Waals surface area contributed by atoms with E-state index in [4.69, 9.17) is 0 Å². The molecule has 0 fully saturated rings. The van der Waals surface area contributed by atoms with E-state index in [2.05, 4.69) is 10.3 Å². The van der Waals surface area contributed by atoms with E-state index in [1.165, 1.54) is 11.8 Å². The van der Waals surface area contributed by atoms with Gasteiger partial charge in [0.05, 0.1) is 5.75 Å². The van der Waals surface area contributed by atoms with Crippen molar-refractivity contribution in [1.29, 1.82) is 0 Å². The van der Waals surface area contributed by atoms with Crippen molar-refractivity contribution in [2.45, 2.75) is 13.0 Å². The van der Waals surface area contributed by atoms with Gasteiger partial charge < -0.3 is 10.3 Å². The first-order valence-corrected chi connectivity index (χ1v) is 6.64. The Labute approximate surface area is 84.6 Å². The highest BCUT2D eigenvalue weighted by molar-refractivity contribution is 7.90. The molecule has 1 aromatic heterocycles. The number of H-pyrrole nitrogens is 1. The minimum Gasteiger partial charge on any atom is -0.367 e. The zero-order valence-corrected chi connectivity index (χ0v) is 9.10. The summed E-state index contributed by atoms with van der Waals surface area (Å²) in [6, 6.07) is 1.99. The van der Waals surface area contributed by atoms with Crippen LogP contribution >= 0.6 is 0 Å². The van der Waals surface area contributed by atoms with Crippen LogP contribution in [0.2, 0.25) is 0 Å². The van der Waals surface area contributed by atoms with E-state index in [9.17, 15) is 8.42 Å². The van der Waals surface area contributed by atoms with E-state index in [-0.39, 0.29) is 5.75 Å². The van der Waals surface area contributed by atoms with Crippen molar-refractivity contribution >= 4 is 9.84 Å². The summed E-state index contributed by atoms with van der Waals surface area (Å²) in [5, 5.41) is 3.18. The summed E-state index contributed by atoms with van der Waals surface area (Å²) >= 11 is 0. The Kier molecular flexibility index (Phi) is 4.16. The number of sulfone groups is 1. The molecule has 0 radical (unpaired) electrons. The molecule has 1 heterocycles. The first-order chi connectivity index (χ1) is 6.58. The third-order valence-electron chi connectivity index (χ3n) is 1.86. The fourth-order valence-electron chi connectivity index (χ4n) is 1.16. The minimum absolute atomic E-state index is 0.257. The monoisotopic (exact) mass is 216 g/mol. The van der Waals surface area contributed by atoms with Gasteiger partial charge in [0.2, 0.25) is 0 Å². The van der Waals surface area contributed by atoms with Gasteiger partial charge in [-0.1, -0.05) is 0 Å². The van der Waals surface area contributed by atoms with Gasteiger partial charge in [0, 0.05) is 25.2 Å². The zero-order chi connectivity index (χ0) is 10.4. The topological polar surface area (TPSA) is 62.0 Å². The molecule has 0 atom stereocenters. The lowest BCUT2D eigenvalue weighted by Gasteiger charge is -2.01. The average Bonchev–Trinajstić information content (AvgIpc) is 2.54. The van der Waals surface area contributed by atoms with E-state index in [0.29, 0.717) is 6.42 Å². The lowest BCUT2D eigenvalue weighted by atomic mass is 10.3. The van der Waals surface area contributed by atoms with Crippen LogP contribution in [0, 0.1) is 0 Å². The molecule has 0 saturated heterocycles. The fraction of sp³-hybridized carbons (Fsp3) is 0.556. The second-order valence-corrected chi connectivity index (χ2v) is 5.64. The van der Waals surface area contributed by atoms with Crippen molar-refractivity contribution in [3.05, 3.63) is 24.0 Å². The summed E-state index contributed by atoms with van der Waals surface area (Å²) in [5.41, 5.74) is 1.18. The van der Waals surface area contributed by atoms with Crippen molar-refractivity contribution in [3.8, 4) is 0 Å². The Morgan fingerprint density at radius 1 is 1.50 bits per heavy atom. The van der Waals surface area contributed by atoms with Gasteiger partial charge in [-0.2, -0.15) is 0 Å². The molecule has 80 valence electrons. The van der Waals surface area contributed by atoms with Crippen molar-refractivity contribution in [2.24, 2.45) is 0 Å². The lowest BCUT2D eigenvalue weighted by Crippen LogP contribution is -2.17.